The van der Waals surface area contributed by atoms with Crippen LogP contribution in [0, 0.1) is 6.92 Å². The van der Waals surface area contributed by atoms with E-state index in [1.807, 2.05) is 12.1 Å². The molecule has 2 atom stereocenters. The molecule has 1 heterocycles. The SMILES string of the molecule is Cc1ccccc1C1(C)CC(F)CN1. The summed E-state index contributed by atoms with van der Waals surface area (Å²) in [6.07, 6.45) is -0.127. The van der Waals surface area contributed by atoms with Crippen LogP contribution in [-0.4, -0.2) is 12.7 Å². The molecule has 1 aliphatic heterocycles. The third-order valence-electron chi connectivity index (χ3n) is 3.08. The molecule has 1 fully saturated rings. The lowest BCUT2D eigenvalue weighted by Crippen LogP contribution is -2.33. The summed E-state index contributed by atoms with van der Waals surface area (Å²) in [6, 6.07) is 8.19. The number of rotatable bonds is 1. The zero-order valence-electron chi connectivity index (χ0n) is 8.68. The molecule has 0 bridgehead atoms. The van der Waals surface area contributed by atoms with E-state index in [9.17, 15) is 4.39 Å². The molecule has 1 aliphatic rings. The molecule has 0 aliphatic carbocycles. The highest BCUT2D eigenvalue weighted by molar-refractivity contribution is 5.33. The average Bonchev–Trinajstić information content (AvgIpc) is 2.48. The summed E-state index contributed by atoms with van der Waals surface area (Å²) in [7, 11) is 0. The molecule has 0 radical (unpaired) electrons. The van der Waals surface area contributed by atoms with Gasteiger partial charge in [0.05, 0.1) is 0 Å². The molecular weight excluding hydrogens is 177 g/mol. The zero-order valence-corrected chi connectivity index (χ0v) is 8.68. The molecule has 2 heteroatoms. The van der Waals surface area contributed by atoms with Crippen LogP contribution < -0.4 is 5.32 Å². The van der Waals surface area contributed by atoms with Gasteiger partial charge in [-0.2, -0.15) is 0 Å². The van der Waals surface area contributed by atoms with Crippen LogP contribution in [0.4, 0.5) is 4.39 Å². The highest BCUT2D eigenvalue weighted by Crippen LogP contribution is 2.33. The Morgan fingerprint density at radius 1 is 1.43 bits per heavy atom. The first-order valence-corrected chi connectivity index (χ1v) is 5.07. The number of hydrogen-bond donors (Lipinski definition) is 1. The fourth-order valence-corrected chi connectivity index (χ4v) is 2.32. The van der Waals surface area contributed by atoms with Crippen LogP contribution in [0.3, 0.4) is 0 Å². The van der Waals surface area contributed by atoms with Gasteiger partial charge in [0, 0.05) is 18.5 Å². The predicted molar refractivity (Wildman–Crippen MR) is 56.0 cm³/mol. The van der Waals surface area contributed by atoms with Gasteiger partial charge >= 0.3 is 0 Å². The lowest BCUT2D eigenvalue weighted by atomic mass is 9.87. The van der Waals surface area contributed by atoms with Gasteiger partial charge in [0.2, 0.25) is 0 Å². The Morgan fingerprint density at radius 2 is 2.14 bits per heavy atom. The van der Waals surface area contributed by atoms with Crippen molar-refractivity contribution >= 4 is 0 Å². The first kappa shape index (κ1) is 9.66. The lowest BCUT2D eigenvalue weighted by Gasteiger charge is -2.26. The third kappa shape index (κ3) is 1.55. The molecule has 0 saturated carbocycles. The van der Waals surface area contributed by atoms with E-state index in [1.165, 1.54) is 11.1 Å². The molecule has 76 valence electrons. The monoisotopic (exact) mass is 193 g/mol. The quantitative estimate of drug-likeness (QED) is 0.722. The minimum atomic E-state index is -0.709. The molecule has 1 N–H and O–H groups in total. The molecular formula is C12H16FN. The van der Waals surface area contributed by atoms with Gasteiger partial charge in [0.15, 0.2) is 0 Å². The summed E-state index contributed by atoms with van der Waals surface area (Å²) >= 11 is 0. The molecule has 1 aromatic rings. The Bertz CT molecular complexity index is 337. The first-order chi connectivity index (χ1) is 6.62. The molecule has 0 spiro atoms. The zero-order chi connectivity index (χ0) is 10.2. The van der Waals surface area contributed by atoms with Gasteiger partial charge in [-0.25, -0.2) is 4.39 Å². The molecule has 2 rings (SSSR count). The summed E-state index contributed by atoms with van der Waals surface area (Å²) < 4.78 is 13.2. The van der Waals surface area contributed by atoms with Crippen molar-refractivity contribution in [3.05, 3.63) is 35.4 Å². The number of nitrogens with one attached hydrogen (secondary N) is 1. The van der Waals surface area contributed by atoms with Gasteiger partial charge in [0.25, 0.3) is 0 Å². The Morgan fingerprint density at radius 3 is 2.71 bits per heavy atom. The van der Waals surface area contributed by atoms with Crippen molar-refractivity contribution in [2.45, 2.75) is 32.0 Å². The molecule has 1 aromatic carbocycles. The normalized spacial score (nSPS) is 32.1. The Hall–Kier alpha value is -0.890. The summed E-state index contributed by atoms with van der Waals surface area (Å²) in [4.78, 5) is 0. The van der Waals surface area contributed by atoms with E-state index in [4.69, 9.17) is 0 Å². The van der Waals surface area contributed by atoms with Gasteiger partial charge in [-0.1, -0.05) is 24.3 Å². The van der Waals surface area contributed by atoms with E-state index < -0.39 is 6.17 Å². The highest BCUT2D eigenvalue weighted by Gasteiger charge is 2.36. The smallest absolute Gasteiger partial charge is 0.115 e. The molecule has 2 unspecified atom stereocenters. The Labute approximate surface area is 84.3 Å². The number of alkyl halides is 1. The second-order valence-electron chi connectivity index (χ2n) is 4.33. The third-order valence-corrected chi connectivity index (χ3v) is 3.08. The largest absolute Gasteiger partial charge is 0.305 e. The van der Waals surface area contributed by atoms with Gasteiger partial charge in [-0.15, -0.1) is 0 Å². The minimum absolute atomic E-state index is 0.176. The highest BCUT2D eigenvalue weighted by atomic mass is 19.1. The predicted octanol–water partition coefficient (Wildman–Crippen LogP) is 2.54. The molecule has 0 aromatic heterocycles. The first-order valence-electron chi connectivity index (χ1n) is 5.07. The van der Waals surface area contributed by atoms with Crippen molar-refractivity contribution in [1.82, 2.24) is 5.32 Å². The second kappa shape index (κ2) is 3.35. The lowest BCUT2D eigenvalue weighted by molar-refractivity contribution is 0.333. The van der Waals surface area contributed by atoms with E-state index >= 15 is 0 Å². The fraction of sp³-hybridized carbons (Fsp3) is 0.500. The van der Waals surface area contributed by atoms with Crippen LogP contribution in [0.2, 0.25) is 0 Å². The molecule has 14 heavy (non-hydrogen) atoms. The summed E-state index contributed by atoms with van der Waals surface area (Å²) in [6.45, 7) is 4.63. The number of hydrogen-bond acceptors (Lipinski definition) is 1. The maximum absolute atomic E-state index is 13.2. The van der Waals surface area contributed by atoms with Crippen LogP contribution in [0.25, 0.3) is 0 Å². The Kier molecular flexibility index (Phi) is 2.31. The van der Waals surface area contributed by atoms with Crippen molar-refractivity contribution in [1.29, 1.82) is 0 Å². The Balaban J connectivity index is 2.35. The van der Waals surface area contributed by atoms with Crippen molar-refractivity contribution in [2.24, 2.45) is 0 Å². The maximum atomic E-state index is 13.2. The van der Waals surface area contributed by atoms with Crippen LogP contribution in [0.1, 0.15) is 24.5 Å². The van der Waals surface area contributed by atoms with Gasteiger partial charge in [-0.05, 0) is 25.0 Å². The molecule has 1 saturated heterocycles. The van der Waals surface area contributed by atoms with Crippen LogP contribution in [-0.2, 0) is 5.54 Å². The van der Waals surface area contributed by atoms with Gasteiger partial charge < -0.3 is 5.32 Å². The van der Waals surface area contributed by atoms with Crippen molar-refractivity contribution in [3.8, 4) is 0 Å². The van der Waals surface area contributed by atoms with E-state index in [2.05, 4.69) is 31.3 Å². The van der Waals surface area contributed by atoms with Gasteiger partial charge in [-0.3, -0.25) is 0 Å². The van der Waals surface area contributed by atoms with Gasteiger partial charge in [0.1, 0.15) is 6.17 Å². The van der Waals surface area contributed by atoms with Crippen LogP contribution >= 0.6 is 0 Å². The number of halogens is 1. The van der Waals surface area contributed by atoms with Crippen molar-refractivity contribution in [3.63, 3.8) is 0 Å². The standard InChI is InChI=1S/C12H16FN/c1-9-5-3-4-6-11(9)12(2)7-10(13)8-14-12/h3-6,10,14H,7-8H2,1-2H3. The van der Waals surface area contributed by atoms with E-state index in [1.54, 1.807) is 0 Å². The minimum Gasteiger partial charge on any atom is -0.305 e. The van der Waals surface area contributed by atoms with E-state index in [0.717, 1.165) is 0 Å². The van der Waals surface area contributed by atoms with Crippen LogP contribution in [0.15, 0.2) is 24.3 Å². The van der Waals surface area contributed by atoms with E-state index in [-0.39, 0.29) is 5.54 Å². The van der Waals surface area contributed by atoms with Crippen molar-refractivity contribution in [2.75, 3.05) is 6.54 Å². The average molecular weight is 193 g/mol. The molecule has 1 nitrogen and oxygen atoms in total. The van der Waals surface area contributed by atoms with E-state index in [0.29, 0.717) is 13.0 Å². The fourth-order valence-electron chi connectivity index (χ4n) is 2.32. The second-order valence-corrected chi connectivity index (χ2v) is 4.33. The molecule has 0 amide bonds. The summed E-state index contributed by atoms with van der Waals surface area (Å²) in [5.41, 5.74) is 2.28. The topological polar surface area (TPSA) is 12.0 Å². The number of benzene rings is 1. The summed E-state index contributed by atoms with van der Waals surface area (Å²) in [5, 5.41) is 3.26. The number of aryl methyl sites for hydroxylation is 1. The summed E-state index contributed by atoms with van der Waals surface area (Å²) in [5.74, 6) is 0. The van der Waals surface area contributed by atoms with Crippen LogP contribution in [0.5, 0.6) is 0 Å². The van der Waals surface area contributed by atoms with Crippen molar-refractivity contribution < 1.29 is 4.39 Å². The maximum Gasteiger partial charge on any atom is 0.115 e.